The minimum atomic E-state index is 0.510. The lowest BCUT2D eigenvalue weighted by molar-refractivity contribution is 0.340. The van der Waals surface area contributed by atoms with Gasteiger partial charge in [0.25, 0.3) is 0 Å². The summed E-state index contributed by atoms with van der Waals surface area (Å²) in [7, 11) is 2.10. The molecule has 0 spiro atoms. The Morgan fingerprint density at radius 2 is 2.00 bits per heavy atom. The summed E-state index contributed by atoms with van der Waals surface area (Å²) in [4.78, 5) is 2.25. The fraction of sp³-hybridized carbons (Fsp3) is 0.571. The van der Waals surface area contributed by atoms with Crippen LogP contribution in [0.1, 0.15) is 33.6 Å². The Morgan fingerprint density at radius 1 is 1.29 bits per heavy atom. The summed E-state index contributed by atoms with van der Waals surface area (Å²) in [6.45, 7) is 7.08. The number of hydrogen-bond donors (Lipinski definition) is 1. The molecule has 0 aliphatic rings. The third-order valence-electron chi connectivity index (χ3n) is 3.00. The summed E-state index contributed by atoms with van der Waals surface area (Å²) < 4.78 is 5.51. The van der Waals surface area contributed by atoms with E-state index in [1.165, 1.54) is 12.8 Å². The van der Waals surface area contributed by atoms with Crippen LogP contribution >= 0.6 is 0 Å². The fourth-order valence-electron chi connectivity index (χ4n) is 1.93. The van der Waals surface area contributed by atoms with Crippen molar-refractivity contribution in [2.45, 2.75) is 39.7 Å². The highest BCUT2D eigenvalue weighted by atomic mass is 16.5. The lowest BCUT2D eigenvalue weighted by Gasteiger charge is -2.27. The van der Waals surface area contributed by atoms with Crippen molar-refractivity contribution in [1.82, 2.24) is 0 Å². The molecule has 0 aliphatic heterocycles. The van der Waals surface area contributed by atoms with E-state index in [1.54, 1.807) is 0 Å². The Morgan fingerprint density at radius 3 is 2.59 bits per heavy atom. The van der Waals surface area contributed by atoms with Crippen LogP contribution in [-0.4, -0.2) is 19.7 Å². The van der Waals surface area contributed by atoms with Gasteiger partial charge in [0.15, 0.2) is 0 Å². The molecule has 0 saturated carbocycles. The molecule has 1 atom stereocenters. The van der Waals surface area contributed by atoms with Gasteiger partial charge in [-0.15, -0.1) is 0 Å². The van der Waals surface area contributed by atoms with Gasteiger partial charge in [0.1, 0.15) is 5.75 Å². The number of nitrogens with zero attached hydrogens (tertiary/aromatic N) is 1. The Bertz CT molecular complexity index is 352. The minimum Gasteiger partial charge on any atom is -0.494 e. The van der Waals surface area contributed by atoms with Crippen molar-refractivity contribution in [2.75, 3.05) is 24.3 Å². The van der Waals surface area contributed by atoms with Crippen molar-refractivity contribution >= 4 is 11.4 Å². The van der Waals surface area contributed by atoms with Crippen molar-refractivity contribution in [3.8, 4) is 5.75 Å². The third kappa shape index (κ3) is 3.84. The van der Waals surface area contributed by atoms with Crippen LogP contribution in [0.3, 0.4) is 0 Å². The first-order valence-electron chi connectivity index (χ1n) is 6.34. The monoisotopic (exact) mass is 236 g/mol. The van der Waals surface area contributed by atoms with Gasteiger partial charge in [-0.3, -0.25) is 0 Å². The van der Waals surface area contributed by atoms with Gasteiger partial charge in [0.05, 0.1) is 6.61 Å². The highest BCUT2D eigenvalue weighted by Gasteiger charge is 2.10. The van der Waals surface area contributed by atoms with Crippen LogP contribution in [0.15, 0.2) is 18.2 Å². The van der Waals surface area contributed by atoms with Crippen molar-refractivity contribution in [1.29, 1.82) is 0 Å². The lowest BCUT2D eigenvalue weighted by Crippen LogP contribution is -2.28. The third-order valence-corrected chi connectivity index (χ3v) is 3.00. The maximum absolute atomic E-state index is 5.89. The Kier molecular flexibility index (Phi) is 5.13. The van der Waals surface area contributed by atoms with Crippen LogP contribution in [0.2, 0.25) is 0 Å². The molecule has 0 aromatic heterocycles. The molecule has 0 saturated heterocycles. The summed E-state index contributed by atoms with van der Waals surface area (Å²) in [5.74, 6) is 0.845. The van der Waals surface area contributed by atoms with Crippen molar-refractivity contribution in [2.24, 2.45) is 0 Å². The summed E-state index contributed by atoms with van der Waals surface area (Å²) >= 11 is 0. The SMILES string of the molecule is CCCC(C)N(C)c1cc(N)cc(OCC)c1. The van der Waals surface area contributed by atoms with E-state index >= 15 is 0 Å². The zero-order valence-electron chi connectivity index (χ0n) is 11.4. The van der Waals surface area contributed by atoms with Crippen molar-refractivity contribution in [3.63, 3.8) is 0 Å². The molecule has 0 heterocycles. The molecule has 17 heavy (non-hydrogen) atoms. The topological polar surface area (TPSA) is 38.5 Å². The van der Waals surface area contributed by atoms with Gasteiger partial charge in [0, 0.05) is 36.6 Å². The number of benzene rings is 1. The largest absolute Gasteiger partial charge is 0.494 e. The molecule has 1 aromatic rings. The van der Waals surface area contributed by atoms with E-state index in [1.807, 2.05) is 25.1 Å². The average molecular weight is 236 g/mol. The molecule has 0 aliphatic carbocycles. The first-order valence-corrected chi connectivity index (χ1v) is 6.34. The average Bonchev–Trinajstić information content (AvgIpc) is 2.28. The van der Waals surface area contributed by atoms with Crippen molar-refractivity contribution < 1.29 is 4.74 Å². The summed E-state index contributed by atoms with van der Waals surface area (Å²) in [5, 5.41) is 0. The lowest BCUT2D eigenvalue weighted by atomic mass is 10.1. The molecule has 1 aromatic carbocycles. The molecular weight excluding hydrogens is 212 g/mol. The maximum atomic E-state index is 5.89. The van der Waals surface area contributed by atoms with Crippen molar-refractivity contribution in [3.05, 3.63) is 18.2 Å². The predicted molar refractivity (Wildman–Crippen MR) is 74.8 cm³/mol. The molecule has 0 fully saturated rings. The molecule has 1 rings (SSSR count). The number of nitrogens with two attached hydrogens (primary N) is 1. The van der Waals surface area contributed by atoms with Gasteiger partial charge in [-0.05, 0) is 26.3 Å². The van der Waals surface area contributed by atoms with E-state index < -0.39 is 0 Å². The Hall–Kier alpha value is -1.38. The first-order chi connectivity index (χ1) is 8.08. The minimum absolute atomic E-state index is 0.510. The highest BCUT2D eigenvalue weighted by molar-refractivity contribution is 5.60. The van der Waals surface area contributed by atoms with Gasteiger partial charge < -0.3 is 15.4 Å². The second-order valence-corrected chi connectivity index (χ2v) is 4.44. The summed E-state index contributed by atoms with van der Waals surface area (Å²) in [5.41, 5.74) is 7.77. The normalized spacial score (nSPS) is 12.2. The summed E-state index contributed by atoms with van der Waals surface area (Å²) in [6.07, 6.45) is 2.36. The molecule has 0 amide bonds. The number of anilines is 2. The fourth-order valence-corrected chi connectivity index (χ4v) is 1.93. The molecular formula is C14H24N2O. The van der Waals surface area contributed by atoms with Crippen LogP contribution in [0.4, 0.5) is 11.4 Å². The highest BCUT2D eigenvalue weighted by Crippen LogP contribution is 2.26. The van der Waals surface area contributed by atoms with E-state index in [0.717, 1.165) is 17.1 Å². The standard InChI is InChI=1S/C14H24N2O/c1-5-7-11(3)16(4)13-8-12(15)9-14(10-13)17-6-2/h8-11H,5-7,15H2,1-4H3. The molecule has 3 nitrogen and oxygen atoms in total. The van der Waals surface area contributed by atoms with Gasteiger partial charge >= 0.3 is 0 Å². The molecule has 2 N–H and O–H groups in total. The maximum Gasteiger partial charge on any atom is 0.123 e. The van der Waals surface area contributed by atoms with Crippen LogP contribution < -0.4 is 15.4 Å². The van der Waals surface area contributed by atoms with E-state index in [9.17, 15) is 0 Å². The number of ether oxygens (including phenoxy) is 1. The molecule has 3 heteroatoms. The zero-order chi connectivity index (χ0) is 12.8. The molecule has 0 radical (unpaired) electrons. The molecule has 96 valence electrons. The molecule has 1 unspecified atom stereocenters. The zero-order valence-corrected chi connectivity index (χ0v) is 11.4. The van der Waals surface area contributed by atoms with E-state index in [4.69, 9.17) is 10.5 Å². The van der Waals surface area contributed by atoms with Crippen LogP contribution in [0.5, 0.6) is 5.75 Å². The van der Waals surface area contributed by atoms with E-state index in [2.05, 4.69) is 25.8 Å². The number of nitrogen functional groups attached to an aromatic ring is 1. The van der Waals surface area contributed by atoms with Gasteiger partial charge in [-0.25, -0.2) is 0 Å². The van der Waals surface area contributed by atoms with Gasteiger partial charge in [-0.1, -0.05) is 13.3 Å². The number of hydrogen-bond acceptors (Lipinski definition) is 3. The molecule has 0 bridgehead atoms. The van der Waals surface area contributed by atoms with Gasteiger partial charge in [0.2, 0.25) is 0 Å². The quantitative estimate of drug-likeness (QED) is 0.770. The van der Waals surface area contributed by atoms with Crippen LogP contribution in [0, 0.1) is 0 Å². The Balaban J connectivity index is 2.88. The van der Waals surface area contributed by atoms with E-state index in [-0.39, 0.29) is 0 Å². The first kappa shape index (κ1) is 13.7. The second-order valence-electron chi connectivity index (χ2n) is 4.44. The van der Waals surface area contributed by atoms with Crippen LogP contribution in [-0.2, 0) is 0 Å². The predicted octanol–water partition coefficient (Wildman–Crippen LogP) is 3.29. The van der Waals surface area contributed by atoms with E-state index in [0.29, 0.717) is 12.6 Å². The summed E-state index contributed by atoms with van der Waals surface area (Å²) in [6, 6.07) is 6.42. The number of rotatable bonds is 6. The Labute approximate surface area is 105 Å². The van der Waals surface area contributed by atoms with Gasteiger partial charge in [-0.2, -0.15) is 0 Å². The second kappa shape index (κ2) is 6.38. The van der Waals surface area contributed by atoms with Crippen LogP contribution in [0.25, 0.3) is 0 Å². The smallest absolute Gasteiger partial charge is 0.123 e.